The fraction of sp³-hybridized carbons (Fsp3) is 0.0952. The summed E-state index contributed by atoms with van der Waals surface area (Å²) in [6.07, 6.45) is 2.91. The van der Waals surface area contributed by atoms with Crippen LogP contribution in [0, 0.1) is 5.82 Å². The van der Waals surface area contributed by atoms with Crippen molar-refractivity contribution in [1.82, 2.24) is 19.5 Å². The van der Waals surface area contributed by atoms with Crippen molar-refractivity contribution in [1.29, 1.82) is 0 Å². The first-order valence-corrected chi connectivity index (χ1v) is 10.0. The van der Waals surface area contributed by atoms with E-state index in [0.717, 1.165) is 17.3 Å². The van der Waals surface area contributed by atoms with Gasteiger partial charge in [0, 0.05) is 18.1 Å². The first-order chi connectivity index (χ1) is 14.6. The standard InChI is InChI=1S/C21H16FN5O2S/c22-15-6-8-16(9-7-15)25-17(28)13-30-21-26-19-18(23-10-11-24-19)20(29)27(21)12-14-4-2-1-3-5-14/h1-11H,12-13H2,(H,25,28). The highest BCUT2D eigenvalue weighted by atomic mass is 32.2. The highest BCUT2D eigenvalue weighted by Crippen LogP contribution is 2.18. The summed E-state index contributed by atoms with van der Waals surface area (Å²) in [6.45, 7) is 0.293. The predicted octanol–water partition coefficient (Wildman–Crippen LogP) is 3.10. The Hall–Kier alpha value is -3.59. The van der Waals surface area contributed by atoms with Crippen LogP contribution >= 0.6 is 11.8 Å². The van der Waals surface area contributed by atoms with E-state index in [1.165, 1.54) is 41.2 Å². The monoisotopic (exact) mass is 421 g/mol. The Bertz CT molecular complexity index is 1250. The quantitative estimate of drug-likeness (QED) is 0.380. The van der Waals surface area contributed by atoms with Gasteiger partial charge in [-0.3, -0.25) is 14.2 Å². The van der Waals surface area contributed by atoms with E-state index in [1.807, 2.05) is 30.3 Å². The average Bonchev–Trinajstić information content (AvgIpc) is 2.77. The van der Waals surface area contributed by atoms with Crippen molar-refractivity contribution in [2.75, 3.05) is 11.1 Å². The van der Waals surface area contributed by atoms with Gasteiger partial charge in [0.05, 0.1) is 12.3 Å². The van der Waals surface area contributed by atoms with Gasteiger partial charge in [0.1, 0.15) is 5.82 Å². The molecule has 150 valence electrons. The third-order valence-electron chi connectivity index (χ3n) is 4.20. The molecule has 0 bridgehead atoms. The molecule has 0 spiro atoms. The van der Waals surface area contributed by atoms with Gasteiger partial charge in [-0.2, -0.15) is 0 Å². The molecule has 2 aromatic carbocycles. The molecular weight excluding hydrogens is 405 g/mol. The third-order valence-corrected chi connectivity index (χ3v) is 5.18. The van der Waals surface area contributed by atoms with Crippen LogP contribution in [0.2, 0.25) is 0 Å². The van der Waals surface area contributed by atoms with Crippen LogP contribution < -0.4 is 10.9 Å². The van der Waals surface area contributed by atoms with Gasteiger partial charge in [0.2, 0.25) is 5.91 Å². The Labute approximate surface area is 175 Å². The number of benzene rings is 2. The number of amides is 1. The van der Waals surface area contributed by atoms with E-state index in [0.29, 0.717) is 17.4 Å². The lowest BCUT2D eigenvalue weighted by Crippen LogP contribution is -2.25. The number of rotatable bonds is 6. The maximum atomic E-state index is 13.0. The molecule has 0 aliphatic heterocycles. The second-order valence-electron chi connectivity index (χ2n) is 6.34. The number of halogens is 1. The fourth-order valence-electron chi connectivity index (χ4n) is 2.81. The normalized spacial score (nSPS) is 10.8. The zero-order chi connectivity index (χ0) is 20.9. The zero-order valence-electron chi connectivity index (χ0n) is 15.7. The van der Waals surface area contributed by atoms with Crippen molar-refractivity contribution in [3.63, 3.8) is 0 Å². The summed E-state index contributed by atoms with van der Waals surface area (Å²) < 4.78 is 14.5. The molecule has 0 fully saturated rings. The molecule has 30 heavy (non-hydrogen) atoms. The lowest BCUT2D eigenvalue weighted by atomic mass is 10.2. The van der Waals surface area contributed by atoms with Gasteiger partial charge in [-0.05, 0) is 29.8 Å². The Morgan fingerprint density at radius 2 is 1.77 bits per heavy atom. The zero-order valence-corrected chi connectivity index (χ0v) is 16.5. The maximum Gasteiger partial charge on any atom is 0.282 e. The van der Waals surface area contributed by atoms with Crippen molar-refractivity contribution in [2.45, 2.75) is 11.7 Å². The van der Waals surface area contributed by atoms with Crippen molar-refractivity contribution in [2.24, 2.45) is 0 Å². The van der Waals surface area contributed by atoms with E-state index in [4.69, 9.17) is 0 Å². The molecule has 4 rings (SSSR count). The van der Waals surface area contributed by atoms with Crippen LogP contribution in [0.3, 0.4) is 0 Å². The van der Waals surface area contributed by atoms with Gasteiger partial charge in [0.25, 0.3) is 5.56 Å². The number of aromatic nitrogens is 4. The summed E-state index contributed by atoms with van der Waals surface area (Å²) in [7, 11) is 0. The van der Waals surface area contributed by atoms with Gasteiger partial charge < -0.3 is 5.32 Å². The van der Waals surface area contributed by atoms with Crippen molar-refractivity contribution < 1.29 is 9.18 Å². The SMILES string of the molecule is O=C(CSc1nc2nccnc2c(=O)n1Cc1ccccc1)Nc1ccc(F)cc1. The molecule has 0 unspecified atom stereocenters. The highest BCUT2D eigenvalue weighted by molar-refractivity contribution is 7.99. The first-order valence-electron chi connectivity index (χ1n) is 9.04. The molecule has 1 amide bonds. The molecule has 0 radical (unpaired) electrons. The van der Waals surface area contributed by atoms with Gasteiger partial charge in [-0.15, -0.1) is 0 Å². The minimum atomic E-state index is -0.381. The largest absolute Gasteiger partial charge is 0.325 e. The number of anilines is 1. The second kappa shape index (κ2) is 8.83. The van der Waals surface area contributed by atoms with E-state index in [-0.39, 0.29) is 34.2 Å². The Morgan fingerprint density at radius 1 is 1.03 bits per heavy atom. The summed E-state index contributed by atoms with van der Waals surface area (Å²) in [6, 6.07) is 15.0. The second-order valence-corrected chi connectivity index (χ2v) is 7.29. The van der Waals surface area contributed by atoms with Crippen molar-refractivity contribution >= 4 is 34.5 Å². The van der Waals surface area contributed by atoms with E-state index in [9.17, 15) is 14.0 Å². The van der Waals surface area contributed by atoms with E-state index in [2.05, 4.69) is 20.3 Å². The molecule has 4 aromatic rings. The molecule has 7 nitrogen and oxygen atoms in total. The number of nitrogens with one attached hydrogen (secondary N) is 1. The van der Waals surface area contributed by atoms with E-state index < -0.39 is 0 Å². The van der Waals surface area contributed by atoms with Crippen LogP contribution in [0.4, 0.5) is 10.1 Å². The molecule has 0 aliphatic carbocycles. The number of carbonyl (C=O) groups is 1. The average molecular weight is 421 g/mol. The predicted molar refractivity (Wildman–Crippen MR) is 113 cm³/mol. The first kappa shape index (κ1) is 19.7. The Kier molecular flexibility index (Phi) is 5.80. The molecule has 9 heteroatoms. The summed E-state index contributed by atoms with van der Waals surface area (Å²) in [5.41, 5.74) is 1.49. The van der Waals surface area contributed by atoms with Crippen LogP contribution in [0.15, 0.2) is 76.9 Å². The van der Waals surface area contributed by atoms with Crippen molar-refractivity contribution in [3.8, 4) is 0 Å². The van der Waals surface area contributed by atoms with E-state index >= 15 is 0 Å². The molecule has 2 heterocycles. The van der Waals surface area contributed by atoms with E-state index in [1.54, 1.807) is 0 Å². The summed E-state index contributed by atoms with van der Waals surface area (Å²) in [5.74, 6) is -0.662. The number of fused-ring (bicyclic) bond motifs is 1. The summed E-state index contributed by atoms with van der Waals surface area (Å²) in [5, 5.41) is 3.06. The van der Waals surface area contributed by atoms with Crippen LogP contribution in [-0.4, -0.2) is 31.2 Å². The number of hydrogen-bond acceptors (Lipinski definition) is 6. The smallest absolute Gasteiger partial charge is 0.282 e. The van der Waals surface area contributed by atoms with Gasteiger partial charge >= 0.3 is 0 Å². The summed E-state index contributed by atoms with van der Waals surface area (Å²) in [4.78, 5) is 38.0. The van der Waals surface area contributed by atoms with Crippen LogP contribution in [0.1, 0.15) is 5.56 Å². The minimum Gasteiger partial charge on any atom is -0.325 e. The number of hydrogen-bond donors (Lipinski definition) is 1. The fourth-order valence-corrected chi connectivity index (χ4v) is 3.59. The van der Waals surface area contributed by atoms with Crippen LogP contribution in [0.25, 0.3) is 11.2 Å². The minimum absolute atomic E-state index is 0.0182. The highest BCUT2D eigenvalue weighted by Gasteiger charge is 2.15. The van der Waals surface area contributed by atoms with Gasteiger partial charge in [-0.25, -0.2) is 19.3 Å². The number of nitrogens with zero attached hydrogens (tertiary/aromatic N) is 4. The van der Waals surface area contributed by atoms with Gasteiger partial charge in [-0.1, -0.05) is 42.1 Å². The lowest BCUT2D eigenvalue weighted by Gasteiger charge is -2.12. The maximum absolute atomic E-state index is 13.0. The Morgan fingerprint density at radius 3 is 2.53 bits per heavy atom. The lowest BCUT2D eigenvalue weighted by molar-refractivity contribution is -0.113. The van der Waals surface area contributed by atoms with Crippen LogP contribution in [-0.2, 0) is 11.3 Å². The third kappa shape index (κ3) is 4.52. The summed E-state index contributed by atoms with van der Waals surface area (Å²) >= 11 is 1.12. The number of carbonyl (C=O) groups excluding carboxylic acids is 1. The molecule has 2 aromatic heterocycles. The van der Waals surface area contributed by atoms with Crippen molar-refractivity contribution in [3.05, 3.63) is 88.7 Å². The molecular formula is C21H16FN5O2S. The molecule has 0 saturated heterocycles. The molecule has 0 aliphatic rings. The Balaban J connectivity index is 1.60. The molecule has 0 saturated carbocycles. The topological polar surface area (TPSA) is 89.8 Å². The van der Waals surface area contributed by atoms with Crippen LogP contribution in [0.5, 0.6) is 0 Å². The molecule has 0 atom stereocenters. The number of thioether (sulfide) groups is 1. The van der Waals surface area contributed by atoms with Gasteiger partial charge in [0.15, 0.2) is 16.3 Å². The molecule has 1 N–H and O–H groups in total.